The molecule has 0 spiro atoms. The molecule has 106 valence electrons. The van der Waals surface area contributed by atoms with Gasteiger partial charge in [-0.05, 0) is 25.0 Å². The number of aromatic nitrogens is 1. The van der Waals surface area contributed by atoms with Crippen molar-refractivity contribution in [3.8, 4) is 16.3 Å². The number of carbonyl (C=O) groups is 1. The maximum atomic E-state index is 11.3. The van der Waals surface area contributed by atoms with Crippen LogP contribution in [-0.2, 0) is 0 Å². The molecule has 0 amide bonds. The van der Waals surface area contributed by atoms with E-state index in [1.54, 1.807) is 0 Å². The fourth-order valence-corrected chi connectivity index (χ4v) is 2.94. The number of carboxylic acids is 1. The maximum Gasteiger partial charge on any atom is 0.347 e. The van der Waals surface area contributed by atoms with Crippen LogP contribution in [0.25, 0.3) is 10.6 Å². The van der Waals surface area contributed by atoms with Crippen molar-refractivity contribution in [2.24, 2.45) is 0 Å². The number of nitrogens with zero attached hydrogens (tertiary/aromatic N) is 1. The Labute approximate surface area is 122 Å². The molecule has 0 fully saturated rings. The van der Waals surface area contributed by atoms with E-state index in [9.17, 15) is 9.90 Å². The first-order valence-electron chi connectivity index (χ1n) is 6.50. The Morgan fingerprint density at radius 2 is 2.20 bits per heavy atom. The number of aromatic carboxylic acids is 1. The van der Waals surface area contributed by atoms with E-state index in [0.717, 1.165) is 11.3 Å². The minimum absolute atomic E-state index is 0.0844. The molecule has 0 radical (unpaired) electrons. The van der Waals surface area contributed by atoms with Crippen molar-refractivity contribution in [1.29, 1.82) is 0 Å². The van der Waals surface area contributed by atoms with E-state index in [1.807, 2.05) is 45.0 Å². The van der Waals surface area contributed by atoms with Crippen molar-refractivity contribution in [1.82, 2.24) is 4.98 Å². The monoisotopic (exact) mass is 291 g/mol. The zero-order valence-corrected chi connectivity index (χ0v) is 12.5. The molecular formula is C15H17NO3S. The molecule has 0 bridgehead atoms. The molecule has 1 heterocycles. The van der Waals surface area contributed by atoms with Crippen LogP contribution in [0.1, 0.15) is 42.1 Å². The lowest BCUT2D eigenvalue weighted by Crippen LogP contribution is -2.00. The molecule has 4 nitrogen and oxygen atoms in total. The molecule has 0 saturated heterocycles. The smallest absolute Gasteiger partial charge is 0.347 e. The van der Waals surface area contributed by atoms with Gasteiger partial charge in [-0.2, -0.15) is 0 Å². The molecule has 1 N–H and O–H groups in total. The Balaban J connectivity index is 2.45. The normalized spacial score (nSPS) is 10.8. The molecule has 20 heavy (non-hydrogen) atoms. The Morgan fingerprint density at radius 1 is 1.45 bits per heavy atom. The van der Waals surface area contributed by atoms with Gasteiger partial charge in [0.05, 0.1) is 12.3 Å². The summed E-state index contributed by atoms with van der Waals surface area (Å²) in [5, 5.41) is 9.97. The third-order valence-corrected chi connectivity index (χ3v) is 3.89. The van der Waals surface area contributed by atoms with Gasteiger partial charge in [0.25, 0.3) is 0 Å². The zero-order chi connectivity index (χ0) is 14.7. The number of thiazole rings is 1. The van der Waals surface area contributed by atoms with Crippen LogP contribution in [0.15, 0.2) is 24.3 Å². The second-order valence-electron chi connectivity index (χ2n) is 4.65. The largest absolute Gasteiger partial charge is 0.494 e. The molecule has 2 rings (SSSR count). The van der Waals surface area contributed by atoms with E-state index in [4.69, 9.17) is 4.74 Å². The van der Waals surface area contributed by atoms with E-state index in [0.29, 0.717) is 22.2 Å². The third-order valence-electron chi connectivity index (χ3n) is 2.79. The summed E-state index contributed by atoms with van der Waals surface area (Å²) < 4.78 is 5.46. The van der Waals surface area contributed by atoms with Crippen LogP contribution in [-0.4, -0.2) is 22.7 Å². The highest BCUT2D eigenvalue weighted by Crippen LogP contribution is 2.33. The number of benzene rings is 1. The average molecular weight is 291 g/mol. The average Bonchev–Trinajstić information content (AvgIpc) is 2.85. The Bertz CT molecular complexity index is 619. The molecule has 0 unspecified atom stereocenters. The van der Waals surface area contributed by atoms with Crippen molar-refractivity contribution >= 4 is 17.3 Å². The summed E-state index contributed by atoms with van der Waals surface area (Å²) in [7, 11) is 0. The summed E-state index contributed by atoms with van der Waals surface area (Å²) in [5.74, 6) is -0.0669. The Kier molecular flexibility index (Phi) is 4.39. The molecule has 1 aromatic carbocycles. The number of carboxylic acid groups (broad SMARTS) is 1. The fraction of sp³-hybridized carbons (Fsp3) is 0.333. The van der Waals surface area contributed by atoms with Gasteiger partial charge in [0.1, 0.15) is 15.6 Å². The van der Waals surface area contributed by atoms with E-state index in [2.05, 4.69) is 4.98 Å². The Hall–Kier alpha value is -1.88. The predicted molar refractivity (Wildman–Crippen MR) is 79.8 cm³/mol. The molecule has 0 aliphatic rings. The number of hydrogen-bond acceptors (Lipinski definition) is 4. The third kappa shape index (κ3) is 2.99. The lowest BCUT2D eigenvalue weighted by molar-refractivity contribution is 0.0700. The second kappa shape index (κ2) is 6.05. The summed E-state index contributed by atoms with van der Waals surface area (Å²) in [6.45, 7) is 6.41. The molecule has 2 aromatic rings. The zero-order valence-electron chi connectivity index (χ0n) is 11.7. The summed E-state index contributed by atoms with van der Waals surface area (Å²) in [5.41, 5.74) is 1.52. The topological polar surface area (TPSA) is 59.4 Å². The van der Waals surface area contributed by atoms with Crippen LogP contribution < -0.4 is 4.74 Å². The highest BCUT2D eigenvalue weighted by Gasteiger charge is 2.20. The summed E-state index contributed by atoms with van der Waals surface area (Å²) >= 11 is 1.21. The van der Waals surface area contributed by atoms with E-state index < -0.39 is 5.97 Å². The maximum absolute atomic E-state index is 11.3. The van der Waals surface area contributed by atoms with Gasteiger partial charge < -0.3 is 9.84 Å². The first-order valence-corrected chi connectivity index (χ1v) is 7.31. The summed E-state index contributed by atoms with van der Waals surface area (Å²) in [6.07, 6.45) is 0. The van der Waals surface area contributed by atoms with E-state index in [-0.39, 0.29) is 5.92 Å². The summed E-state index contributed by atoms with van der Waals surface area (Å²) in [6, 6.07) is 7.56. The highest BCUT2D eigenvalue weighted by molar-refractivity contribution is 7.17. The standard InChI is InChI=1S/C15H17NO3S/c1-4-19-11-7-5-6-10(8-11)14-16-12(9(2)3)13(20-14)15(17)18/h5-9H,4H2,1-3H3,(H,17,18). The lowest BCUT2D eigenvalue weighted by Gasteiger charge is -2.04. The minimum Gasteiger partial charge on any atom is -0.494 e. The van der Waals surface area contributed by atoms with Gasteiger partial charge in [0, 0.05) is 5.56 Å². The molecular weight excluding hydrogens is 274 g/mol. The van der Waals surface area contributed by atoms with E-state index in [1.165, 1.54) is 11.3 Å². The van der Waals surface area contributed by atoms with Crippen LogP contribution in [0.4, 0.5) is 0 Å². The van der Waals surface area contributed by atoms with E-state index >= 15 is 0 Å². The fourth-order valence-electron chi connectivity index (χ4n) is 1.89. The van der Waals surface area contributed by atoms with Gasteiger partial charge in [-0.3, -0.25) is 0 Å². The van der Waals surface area contributed by atoms with Crippen LogP contribution in [0.3, 0.4) is 0 Å². The number of ether oxygens (including phenoxy) is 1. The van der Waals surface area contributed by atoms with Crippen LogP contribution in [0.5, 0.6) is 5.75 Å². The van der Waals surface area contributed by atoms with Crippen LogP contribution in [0.2, 0.25) is 0 Å². The quantitative estimate of drug-likeness (QED) is 0.903. The Morgan fingerprint density at radius 3 is 2.75 bits per heavy atom. The van der Waals surface area contributed by atoms with Crippen molar-refractivity contribution in [2.45, 2.75) is 26.7 Å². The SMILES string of the molecule is CCOc1cccc(-c2nc(C(C)C)c(C(=O)O)s2)c1. The highest BCUT2D eigenvalue weighted by atomic mass is 32.1. The molecule has 0 saturated carbocycles. The predicted octanol–water partition coefficient (Wildman–Crippen LogP) is 4.03. The van der Waals surface area contributed by atoms with Gasteiger partial charge in [0.2, 0.25) is 0 Å². The van der Waals surface area contributed by atoms with Gasteiger partial charge >= 0.3 is 5.97 Å². The van der Waals surface area contributed by atoms with Crippen molar-refractivity contribution < 1.29 is 14.6 Å². The van der Waals surface area contributed by atoms with Gasteiger partial charge in [-0.15, -0.1) is 11.3 Å². The minimum atomic E-state index is -0.918. The van der Waals surface area contributed by atoms with Crippen molar-refractivity contribution in [3.05, 3.63) is 34.8 Å². The number of hydrogen-bond donors (Lipinski definition) is 1. The van der Waals surface area contributed by atoms with Gasteiger partial charge in [-0.25, -0.2) is 9.78 Å². The molecule has 0 aliphatic carbocycles. The van der Waals surface area contributed by atoms with Crippen LogP contribution >= 0.6 is 11.3 Å². The molecule has 1 aromatic heterocycles. The van der Waals surface area contributed by atoms with Crippen molar-refractivity contribution in [2.75, 3.05) is 6.61 Å². The molecule has 0 atom stereocenters. The lowest BCUT2D eigenvalue weighted by atomic mass is 10.1. The van der Waals surface area contributed by atoms with Gasteiger partial charge in [-0.1, -0.05) is 26.0 Å². The summed E-state index contributed by atoms with van der Waals surface area (Å²) in [4.78, 5) is 16.1. The first kappa shape index (κ1) is 14.5. The van der Waals surface area contributed by atoms with Crippen molar-refractivity contribution in [3.63, 3.8) is 0 Å². The van der Waals surface area contributed by atoms with Crippen LogP contribution in [0, 0.1) is 0 Å². The second-order valence-corrected chi connectivity index (χ2v) is 5.65. The first-order chi connectivity index (χ1) is 9.52. The van der Waals surface area contributed by atoms with Gasteiger partial charge in [0.15, 0.2) is 0 Å². The molecule has 5 heteroatoms. The number of rotatable bonds is 5. The molecule has 0 aliphatic heterocycles.